The summed E-state index contributed by atoms with van der Waals surface area (Å²) in [6, 6.07) is 0. The van der Waals surface area contributed by atoms with E-state index in [9.17, 15) is 43.2 Å². The molecule has 111 heavy (non-hydrogen) atoms. The van der Waals surface area contributed by atoms with E-state index in [0.717, 1.165) is 102 Å². The molecule has 0 aromatic carbocycles. The lowest BCUT2D eigenvalue weighted by Gasteiger charge is -2.21. The Kier molecular flexibility index (Phi) is 81.7. The molecule has 0 amide bonds. The zero-order chi connectivity index (χ0) is 81.3. The maximum Gasteiger partial charge on any atom is 0.472 e. The number of phosphoric ester groups is 2. The number of aliphatic hydroxyl groups is 1. The maximum absolute atomic E-state index is 13.2. The van der Waals surface area contributed by atoms with Crippen molar-refractivity contribution in [3.8, 4) is 0 Å². The van der Waals surface area contributed by atoms with E-state index < -0.39 is 97.5 Å². The van der Waals surface area contributed by atoms with E-state index in [-0.39, 0.29) is 25.7 Å². The molecular weight excluding hydrogens is 1440 g/mol. The first-order chi connectivity index (χ1) is 53.9. The molecular formula is C92H180O17P2. The third kappa shape index (κ3) is 84.3. The second-order valence-electron chi connectivity index (χ2n) is 33.8. The Bertz CT molecular complexity index is 2120. The molecule has 0 heterocycles. The molecule has 0 saturated carbocycles. The van der Waals surface area contributed by atoms with Crippen molar-refractivity contribution in [1.82, 2.24) is 0 Å². The lowest BCUT2D eigenvalue weighted by molar-refractivity contribution is -0.161. The van der Waals surface area contributed by atoms with Gasteiger partial charge in [-0.2, -0.15) is 0 Å². The minimum atomic E-state index is -4.97. The van der Waals surface area contributed by atoms with Crippen LogP contribution < -0.4 is 0 Å². The Hall–Kier alpha value is -1.94. The summed E-state index contributed by atoms with van der Waals surface area (Å²) < 4.78 is 69.1. The van der Waals surface area contributed by atoms with E-state index in [1.54, 1.807) is 0 Å². The first kappa shape index (κ1) is 109. The Morgan fingerprint density at radius 1 is 0.261 bits per heavy atom. The van der Waals surface area contributed by atoms with Crippen molar-refractivity contribution < 1.29 is 80.2 Å². The minimum absolute atomic E-state index is 0.108. The van der Waals surface area contributed by atoms with Crippen LogP contribution in [0.15, 0.2) is 0 Å². The summed E-state index contributed by atoms with van der Waals surface area (Å²) in [6.45, 7) is 9.72. The topological polar surface area (TPSA) is 237 Å². The number of phosphoric acid groups is 2. The molecule has 0 aromatic rings. The molecule has 0 aliphatic heterocycles. The molecule has 17 nitrogen and oxygen atoms in total. The van der Waals surface area contributed by atoms with Gasteiger partial charge >= 0.3 is 39.5 Å². The molecule has 6 atom stereocenters. The Balaban J connectivity index is 5.21. The van der Waals surface area contributed by atoms with Gasteiger partial charge < -0.3 is 33.8 Å². The fraction of sp³-hybridized carbons (Fsp3) is 0.957. The van der Waals surface area contributed by atoms with Crippen LogP contribution in [-0.2, 0) is 65.4 Å². The predicted molar refractivity (Wildman–Crippen MR) is 460 cm³/mol. The maximum atomic E-state index is 13.2. The number of hydrogen-bond donors (Lipinski definition) is 3. The van der Waals surface area contributed by atoms with Crippen LogP contribution in [0.4, 0.5) is 0 Å². The van der Waals surface area contributed by atoms with Gasteiger partial charge in [0.05, 0.1) is 26.4 Å². The average Bonchev–Trinajstić information content (AvgIpc) is 0.901. The van der Waals surface area contributed by atoms with Crippen molar-refractivity contribution in [1.29, 1.82) is 0 Å². The fourth-order valence-electron chi connectivity index (χ4n) is 14.4. The van der Waals surface area contributed by atoms with Gasteiger partial charge in [0.2, 0.25) is 0 Å². The van der Waals surface area contributed by atoms with Crippen LogP contribution in [0.25, 0.3) is 0 Å². The van der Waals surface area contributed by atoms with Crippen LogP contribution >= 0.6 is 15.6 Å². The molecule has 0 radical (unpaired) electrons. The molecule has 0 bridgehead atoms. The predicted octanol–water partition coefficient (Wildman–Crippen LogP) is 28.6. The Morgan fingerprint density at radius 3 is 0.685 bits per heavy atom. The van der Waals surface area contributed by atoms with Gasteiger partial charge in [-0.25, -0.2) is 9.13 Å². The van der Waals surface area contributed by atoms with E-state index in [1.165, 1.54) is 308 Å². The Labute approximate surface area is 683 Å². The van der Waals surface area contributed by atoms with Gasteiger partial charge in [0, 0.05) is 25.7 Å². The lowest BCUT2D eigenvalue weighted by Crippen LogP contribution is -2.30. The SMILES string of the molecule is CCCCCCCCCCCCCCCCCCCCCCC(=O)OC[C@H](COP(=O)(O)OC[C@@H](O)COP(=O)(O)OC[C@@H](COC(=O)CCCCCCCCCC(C)C)OC(=O)CCCCCCCCCCCCCCCCCCCCC)OC(=O)CCCCCCCCCCCCCCCCCCCCC(C)CC. The van der Waals surface area contributed by atoms with Crippen molar-refractivity contribution in [3.05, 3.63) is 0 Å². The van der Waals surface area contributed by atoms with Gasteiger partial charge in [0.15, 0.2) is 12.2 Å². The molecule has 0 aliphatic rings. The quantitative estimate of drug-likeness (QED) is 0.0222. The number of ether oxygens (including phenoxy) is 4. The molecule has 0 rings (SSSR count). The fourth-order valence-corrected chi connectivity index (χ4v) is 16.0. The van der Waals surface area contributed by atoms with E-state index in [1.807, 2.05) is 0 Å². The number of aliphatic hydroxyl groups excluding tert-OH is 1. The van der Waals surface area contributed by atoms with Crippen molar-refractivity contribution in [2.45, 2.75) is 516 Å². The smallest absolute Gasteiger partial charge is 0.462 e. The molecule has 0 fully saturated rings. The van der Waals surface area contributed by atoms with Gasteiger partial charge in [-0.15, -0.1) is 0 Å². The lowest BCUT2D eigenvalue weighted by atomic mass is 9.99. The van der Waals surface area contributed by atoms with E-state index in [4.69, 9.17) is 37.0 Å². The highest BCUT2D eigenvalue weighted by Crippen LogP contribution is 2.45. The molecule has 0 spiro atoms. The van der Waals surface area contributed by atoms with Crippen molar-refractivity contribution in [2.24, 2.45) is 11.8 Å². The van der Waals surface area contributed by atoms with Crippen molar-refractivity contribution >= 4 is 39.5 Å². The standard InChI is InChI=1S/C92H180O17P2/c1-7-10-12-14-16-18-20-22-24-26-28-30-34-38-42-46-50-56-62-68-74-89(94)102-80-87(108-91(96)76-70-65-58-52-48-44-40-36-32-31-33-37-41-45-49-55-61-67-73-85(6)9-3)82-106-110(98,99)104-78-86(93)79-105-111(100,101)107-83-88(81-103-90(95)75-69-63-59-53-54-60-66-72-84(4)5)109-92(97)77-71-64-57-51-47-43-39-35-29-27-25-23-21-19-17-15-13-11-8-2/h84-88,93H,7-83H2,1-6H3,(H,98,99)(H,100,101)/t85?,86-,87-,88-/m1/s1. The highest BCUT2D eigenvalue weighted by molar-refractivity contribution is 7.47. The summed E-state index contributed by atoms with van der Waals surface area (Å²) in [5.74, 6) is -0.521. The molecule has 3 unspecified atom stereocenters. The number of carbonyl (C=O) groups is 4. The van der Waals surface area contributed by atoms with Crippen molar-refractivity contribution in [3.63, 3.8) is 0 Å². The van der Waals surface area contributed by atoms with E-state index in [2.05, 4.69) is 41.5 Å². The van der Waals surface area contributed by atoms with Crippen LogP contribution in [-0.4, -0.2) is 96.7 Å². The summed E-state index contributed by atoms with van der Waals surface area (Å²) in [6.07, 6.45) is 78.0. The van der Waals surface area contributed by atoms with Gasteiger partial charge in [0.1, 0.15) is 19.3 Å². The number of carbonyl (C=O) groups excluding carboxylic acids is 4. The monoisotopic (exact) mass is 1620 g/mol. The van der Waals surface area contributed by atoms with E-state index in [0.29, 0.717) is 31.6 Å². The second-order valence-corrected chi connectivity index (χ2v) is 36.7. The summed E-state index contributed by atoms with van der Waals surface area (Å²) in [7, 11) is -9.94. The highest BCUT2D eigenvalue weighted by atomic mass is 31.2. The number of unbranched alkanes of at least 4 members (excludes halogenated alkanes) is 60. The van der Waals surface area contributed by atoms with Gasteiger partial charge in [0.25, 0.3) is 0 Å². The molecule has 0 aliphatic carbocycles. The molecule has 0 saturated heterocycles. The molecule has 19 heteroatoms. The van der Waals surface area contributed by atoms with Gasteiger partial charge in [-0.05, 0) is 37.5 Å². The van der Waals surface area contributed by atoms with Gasteiger partial charge in [-0.3, -0.25) is 37.3 Å². The average molecular weight is 1620 g/mol. The second kappa shape index (κ2) is 83.1. The van der Waals surface area contributed by atoms with Crippen LogP contribution in [0, 0.1) is 11.8 Å². The number of rotatable bonds is 91. The summed E-state index contributed by atoms with van der Waals surface area (Å²) in [4.78, 5) is 73.4. The normalized spacial score (nSPS) is 14.0. The van der Waals surface area contributed by atoms with Gasteiger partial charge in [-0.1, -0.05) is 446 Å². The Morgan fingerprint density at radius 2 is 0.459 bits per heavy atom. The highest BCUT2D eigenvalue weighted by Gasteiger charge is 2.31. The first-order valence-electron chi connectivity index (χ1n) is 47.5. The third-order valence-corrected chi connectivity index (χ3v) is 24.0. The summed E-state index contributed by atoms with van der Waals surface area (Å²) in [5, 5.41) is 10.7. The summed E-state index contributed by atoms with van der Waals surface area (Å²) in [5.41, 5.74) is 0. The number of hydrogen-bond acceptors (Lipinski definition) is 15. The zero-order valence-corrected chi connectivity index (χ0v) is 75.1. The largest absolute Gasteiger partial charge is 0.472 e. The van der Waals surface area contributed by atoms with Crippen molar-refractivity contribution in [2.75, 3.05) is 39.6 Å². The number of esters is 4. The summed E-state index contributed by atoms with van der Waals surface area (Å²) >= 11 is 0. The molecule has 660 valence electrons. The molecule has 0 aromatic heterocycles. The van der Waals surface area contributed by atoms with Crippen LogP contribution in [0.2, 0.25) is 0 Å². The van der Waals surface area contributed by atoms with Crippen LogP contribution in [0.1, 0.15) is 497 Å². The van der Waals surface area contributed by atoms with Crippen LogP contribution in [0.5, 0.6) is 0 Å². The minimum Gasteiger partial charge on any atom is -0.462 e. The van der Waals surface area contributed by atoms with E-state index >= 15 is 0 Å². The van der Waals surface area contributed by atoms with Crippen LogP contribution in [0.3, 0.4) is 0 Å². The third-order valence-electron chi connectivity index (χ3n) is 22.1. The molecule has 3 N–H and O–H groups in total. The first-order valence-corrected chi connectivity index (χ1v) is 50.5. The zero-order valence-electron chi connectivity index (χ0n) is 73.3.